The summed E-state index contributed by atoms with van der Waals surface area (Å²) in [4.78, 5) is 28.6. The quantitative estimate of drug-likeness (QED) is 0.118. The van der Waals surface area contributed by atoms with E-state index in [9.17, 15) is 9.59 Å². The number of carbonyl (C=O) groups is 2. The third-order valence-electron chi connectivity index (χ3n) is 6.55. The Morgan fingerprint density at radius 1 is 0.722 bits per heavy atom. The summed E-state index contributed by atoms with van der Waals surface area (Å²) in [5.41, 5.74) is -0.187. The molecule has 0 saturated heterocycles. The van der Waals surface area contributed by atoms with Gasteiger partial charge in [0.25, 0.3) is 0 Å². The normalized spacial score (nSPS) is 21.4. The lowest BCUT2D eigenvalue weighted by Gasteiger charge is -2.46. The molecule has 1 rings (SSSR count). The molecular formula is C24H50N6O6. The molecule has 212 valence electrons. The van der Waals surface area contributed by atoms with Gasteiger partial charge in [0.05, 0.1) is 26.4 Å². The van der Waals surface area contributed by atoms with Crippen LogP contribution in [0.2, 0.25) is 0 Å². The van der Waals surface area contributed by atoms with Gasteiger partial charge < -0.3 is 41.7 Å². The van der Waals surface area contributed by atoms with E-state index in [0.29, 0.717) is 58.9 Å². The molecule has 0 aromatic rings. The lowest BCUT2D eigenvalue weighted by Crippen LogP contribution is -2.53. The second-order valence-corrected chi connectivity index (χ2v) is 10.8. The van der Waals surface area contributed by atoms with Gasteiger partial charge in [-0.05, 0) is 30.1 Å². The standard InChI is InChI=1S/C24H50N6O6/c1-23(2)16-20(28-22(36)26-5-7-30(10-14-33)11-15-34)17-24(3,18-23)19-27-21(35)25-4-6-29(8-12-31)9-13-32/h20,31-34H,4-19H2,1-3H3,(H2,25,27,35)(H2,26,28,36). The Morgan fingerprint density at radius 2 is 1.19 bits per heavy atom. The van der Waals surface area contributed by atoms with E-state index in [1.165, 1.54) is 0 Å². The van der Waals surface area contributed by atoms with Crippen molar-refractivity contribution in [3.05, 3.63) is 0 Å². The lowest BCUT2D eigenvalue weighted by atomic mass is 9.62. The summed E-state index contributed by atoms with van der Waals surface area (Å²) in [5.74, 6) is 0. The number of amides is 4. The molecule has 1 saturated carbocycles. The van der Waals surface area contributed by atoms with Gasteiger partial charge in [-0.25, -0.2) is 9.59 Å². The molecule has 8 N–H and O–H groups in total. The number of rotatable bonds is 17. The summed E-state index contributed by atoms with van der Waals surface area (Å²) in [7, 11) is 0. The van der Waals surface area contributed by atoms with Crippen molar-refractivity contribution >= 4 is 12.1 Å². The molecule has 12 heteroatoms. The Morgan fingerprint density at radius 3 is 1.67 bits per heavy atom. The molecule has 0 heterocycles. The summed E-state index contributed by atoms with van der Waals surface area (Å²) in [6.07, 6.45) is 2.50. The summed E-state index contributed by atoms with van der Waals surface area (Å²) in [6.45, 7) is 10.7. The molecule has 1 fully saturated rings. The van der Waals surface area contributed by atoms with Crippen molar-refractivity contribution in [3.63, 3.8) is 0 Å². The first-order valence-electron chi connectivity index (χ1n) is 13.0. The fourth-order valence-electron chi connectivity index (χ4n) is 5.35. The molecule has 1 aliphatic rings. The Balaban J connectivity index is 2.49. The number of nitrogens with one attached hydrogen (secondary N) is 4. The summed E-state index contributed by atoms with van der Waals surface area (Å²) >= 11 is 0. The zero-order chi connectivity index (χ0) is 27.0. The molecule has 0 spiro atoms. The Kier molecular flexibility index (Phi) is 15.2. The molecule has 0 bridgehead atoms. The molecule has 0 aliphatic heterocycles. The van der Waals surface area contributed by atoms with Gasteiger partial charge in [-0.2, -0.15) is 0 Å². The number of hydrogen-bond acceptors (Lipinski definition) is 8. The van der Waals surface area contributed by atoms with Crippen LogP contribution in [-0.2, 0) is 0 Å². The molecule has 1 aliphatic carbocycles. The van der Waals surface area contributed by atoms with Crippen LogP contribution in [0.25, 0.3) is 0 Å². The topological polar surface area (TPSA) is 170 Å². The van der Waals surface area contributed by atoms with E-state index in [-0.39, 0.29) is 55.4 Å². The van der Waals surface area contributed by atoms with Crippen LogP contribution in [-0.4, -0.2) is 134 Å². The van der Waals surface area contributed by atoms with Gasteiger partial charge in [0.1, 0.15) is 0 Å². The highest BCUT2D eigenvalue weighted by atomic mass is 16.3. The van der Waals surface area contributed by atoms with E-state index in [0.717, 1.165) is 19.3 Å². The number of nitrogens with zero attached hydrogens (tertiary/aromatic N) is 2. The molecule has 4 amide bonds. The van der Waals surface area contributed by atoms with Crippen LogP contribution >= 0.6 is 0 Å². The van der Waals surface area contributed by atoms with E-state index >= 15 is 0 Å². The van der Waals surface area contributed by atoms with Crippen molar-refractivity contribution in [2.75, 3.05) is 85.3 Å². The molecule has 2 atom stereocenters. The maximum atomic E-state index is 12.5. The van der Waals surface area contributed by atoms with E-state index in [4.69, 9.17) is 20.4 Å². The van der Waals surface area contributed by atoms with Gasteiger partial charge in [0.15, 0.2) is 0 Å². The number of aliphatic hydroxyl groups excluding tert-OH is 4. The lowest BCUT2D eigenvalue weighted by molar-refractivity contribution is 0.0748. The monoisotopic (exact) mass is 518 g/mol. The first-order chi connectivity index (χ1) is 17.1. The minimum absolute atomic E-state index is 0.000132. The zero-order valence-corrected chi connectivity index (χ0v) is 22.4. The first kappa shape index (κ1) is 32.3. The van der Waals surface area contributed by atoms with Gasteiger partial charge in [-0.3, -0.25) is 9.80 Å². The minimum Gasteiger partial charge on any atom is -0.395 e. The van der Waals surface area contributed by atoms with Crippen molar-refractivity contribution in [1.82, 2.24) is 31.1 Å². The van der Waals surface area contributed by atoms with Crippen LogP contribution in [0.15, 0.2) is 0 Å². The van der Waals surface area contributed by atoms with Gasteiger partial charge in [-0.1, -0.05) is 20.8 Å². The van der Waals surface area contributed by atoms with Crippen molar-refractivity contribution < 1.29 is 30.0 Å². The predicted octanol–water partition coefficient (Wildman–Crippen LogP) is -1.26. The average molecular weight is 519 g/mol. The maximum Gasteiger partial charge on any atom is 0.315 e. The zero-order valence-electron chi connectivity index (χ0n) is 22.4. The van der Waals surface area contributed by atoms with Crippen molar-refractivity contribution in [2.45, 2.75) is 46.1 Å². The first-order valence-corrected chi connectivity index (χ1v) is 13.0. The van der Waals surface area contributed by atoms with Crippen LogP contribution < -0.4 is 21.3 Å². The van der Waals surface area contributed by atoms with Gasteiger partial charge >= 0.3 is 12.1 Å². The van der Waals surface area contributed by atoms with Gasteiger partial charge in [0.2, 0.25) is 0 Å². The SMILES string of the molecule is CC1(C)CC(NC(=O)NCCN(CCO)CCO)CC(C)(CNC(=O)NCCN(CCO)CCO)C1. The molecule has 0 aromatic carbocycles. The third-order valence-corrected chi connectivity index (χ3v) is 6.55. The van der Waals surface area contributed by atoms with Crippen LogP contribution in [0.1, 0.15) is 40.0 Å². The van der Waals surface area contributed by atoms with Gasteiger partial charge in [0, 0.05) is 64.9 Å². The molecule has 12 nitrogen and oxygen atoms in total. The number of aliphatic hydroxyl groups is 4. The molecule has 36 heavy (non-hydrogen) atoms. The predicted molar refractivity (Wildman–Crippen MR) is 139 cm³/mol. The number of urea groups is 2. The third kappa shape index (κ3) is 13.6. The average Bonchev–Trinajstić information content (AvgIpc) is 2.77. The molecule has 0 aromatic heterocycles. The summed E-state index contributed by atoms with van der Waals surface area (Å²) < 4.78 is 0. The fraction of sp³-hybridized carbons (Fsp3) is 0.917. The van der Waals surface area contributed by atoms with E-state index in [1.54, 1.807) is 0 Å². The second-order valence-electron chi connectivity index (χ2n) is 10.8. The Hall–Kier alpha value is -1.70. The highest BCUT2D eigenvalue weighted by Crippen LogP contribution is 2.45. The molecule has 0 radical (unpaired) electrons. The van der Waals surface area contributed by atoms with Crippen LogP contribution in [0.4, 0.5) is 9.59 Å². The Bertz CT molecular complexity index is 628. The fourth-order valence-corrected chi connectivity index (χ4v) is 5.35. The van der Waals surface area contributed by atoms with Gasteiger partial charge in [-0.15, -0.1) is 0 Å². The van der Waals surface area contributed by atoms with Crippen LogP contribution in [0.5, 0.6) is 0 Å². The van der Waals surface area contributed by atoms with Crippen molar-refractivity contribution in [2.24, 2.45) is 10.8 Å². The van der Waals surface area contributed by atoms with Crippen LogP contribution in [0, 0.1) is 10.8 Å². The van der Waals surface area contributed by atoms with E-state index in [2.05, 4.69) is 42.0 Å². The molecule has 2 unspecified atom stereocenters. The Labute approximate surface area is 215 Å². The van der Waals surface area contributed by atoms with Crippen molar-refractivity contribution in [3.8, 4) is 0 Å². The minimum atomic E-state index is -0.259. The maximum absolute atomic E-state index is 12.5. The smallest absolute Gasteiger partial charge is 0.315 e. The van der Waals surface area contributed by atoms with E-state index < -0.39 is 0 Å². The molecular weight excluding hydrogens is 468 g/mol. The highest BCUT2D eigenvalue weighted by molar-refractivity contribution is 5.74. The second kappa shape index (κ2) is 16.9. The number of hydrogen-bond donors (Lipinski definition) is 8. The highest BCUT2D eigenvalue weighted by Gasteiger charge is 2.41. The van der Waals surface area contributed by atoms with Crippen molar-refractivity contribution in [1.29, 1.82) is 0 Å². The van der Waals surface area contributed by atoms with E-state index in [1.807, 2.05) is 9.80 Å². The summed E-state index contributed by atoms with van der Waals surface area (Å²) in [6, 6.07) is -0.528. The largest absolute Gasteiger partial charge is 0.395 e. The van der Waals surface area contributed by atoms with Crippen LogP contribution in [0.3, 0.4) is 0 Å². The number of carbonyl (C=O) groups excluding carboxylic acids is 2. The summed E-state index contributed by atoms with van der Waals surface area (Å²) in [5, 5.41) is 48.1.